The number of hydrogen-bond donors (Lipinski definition) is 2. The van der Waals surface area contributed by atoms with Crippen LogP contribution in [-0.2, 0) is 19.1 Å². The molecule has 6 heteroatoms. The fraction of sp³-hybridized carbons (Fsp3) is 0.833. The number of aliphatic hydroxyl groups is 2. The molecule has 0 heterocycles. The van der Waals surface area contributed by atoms with Crippen LogP contribution < -0.4 is 0 Å². The standard InChI is InChI=1S/C12H22O6/c1-4-8-12(16,5-2)18-11(15)7-6-10(14)17-9(3)13/h9,13,16H,4-8H2,1-3H3. The summed E-state index contributed by atoms with van der Waals surface area (Å²) in [5.74, 6) is -2.80. The van der Waals surface area contributed by atoms with Gasteiger partial charge in [0.05, 0.1) is 12.8 Å². The van der Waals surface area contributed by atoms with E-state index in [1.165, 1.54) is 6.92 Å². The van der Waals surface area contributed by atoms with Gasteiger partial charge in [-0.2, -0.15) is 0 Å². The first-order chi connectivity index (χ1) is 8.33. The lowest BCUT2D eigenvalue weighted by molar-refractivity contribution is -0.214. The van der Waals surface area contributed by atoms with Crippen molar-refractivity contribution in [3.63, 3.8) is 0 Å². The minimum absolute atomic E-state index is 0.183. The van der Waals surface area contributed by atoms with E-state index in [1.54, 1.807) is 6.92 Å². The Hall–Kier alpha value is -1.14. The SMILES string of the molecule is CCCC(O)(CC)OC(=O)CCC(=O)OC(C)O. The third-order valence-corrected chi connectivity index (χ3v) is 2.33. The van der Waals surface area contributed by atoms with Crippen molar-refractivity contribution in [2.45, 2.75) is 65.0 Å². The lowest BCUT2D eigenvalue weighted by atomic mass is 10.1. The molecule has 0 amide bonds. The Morgan fingerprint density at radius 3 is 2.22 bits per heavy atom. The Bertz CT molecular complexity index is 276. The Balaban J connectivity index is 4.07. The van der Waals surface area contributed by atoms with Crippen molar-refractivity contribution >= 4 is 11.9 Å². The minimum atomic E-state index is -1.46. The fourth-order valence-corrected chi connectivity index (χ4v) is 1.41. The molecule has 0 saturated carbocycles. The summed E-state index contributed by atoms with van der Waals surface area (Å²) in [4.78, 5) is 22.5. The highest BCUT2D eigenvalue weighted by Crippen LogP contribution is 2.19. The van der Waals surface area contributed by atoms with Crippen LogP contribution in [0, 0.1) is 0 Å². The molecule has 0 aromatic heterocycles. The van der Waals surface area contributed by atoms with Gasteiger partial charge in [0.1, 0.15) is 0 Å². The van der Waals surface area contributed by atoms with Gasteiger partial charge < -0.3 is 19.7 Å². The molecular formula is C12H22O6. The molecule has 0 spiro atoms. The summed E-state index contributed by atoms with van der Waals surface area (Å²) in [6, 6.07) is 0. The van der Waals surface area contributed by atoms with Crippen LogP contribution in [0.25, 0.3) is 0 Å². The number of hydrogen-bond acceptors (Lipinski definition) is 6. The van der Waals surface area contributed by atoms with Gasteiger partial charge in [-0.05, 0) is 13.3 Å². The van der Waals surface area contributed by atoms with Gasteiger partial charge in [0, 0.05) is 12.8 Å². The lowest BCUT2D eigenvalue weighted by Gasteiger charge is -2.26. The zero-order valence-electron chi connectivity index (χ0n) is 11.1. The third-order valence-electron chi connectivity index (χ3n) is 2.33. The normalized spacial score (nSPS) is 15.6. The molecule has 0 aliphatic heterocycles. The maximum absolute atomic E-state index is 11.4. The summed E-state index contributed by atoms with van der Waals surface area (Å²) >= 11 is 0. The van der Waals surface area contributed by atoms with E-state index in [9.17, 15) is 14.7 Å². The van der Waals surface area contributed by atoms with Crippen LogP contribution in [0.1, 0.15) is 52.9 Å². The molecule has 6 nitrogen and oxygen atoms in total. The average molecular weight is 262 g/mol. The van der Waals surface area contributed by atoms with E-state index in [1.807, 2.05) is 6.92 Å². The van der Waals surface area contributed by atoms with Gasteiger partial charge in [-0.25, -0.2) is 0 Å². The first-order valence-corrected chi connectivity index (χ1v) is 6.14. The van der Waals surface area contributed by atoms with Gasteiger partial charge >= 0.3 is 11.9 Å². The van der Waals surface area contributed by atoms with Crippen molar-refractivity contribution in [3.05, 3.63) is 0 Å². The quantitative estimate of drug-likeness (QED) is 0.502. The van der Waals surface area contributed by atoms with Crippen molar-refractivity contribution < 1.29 is 29.3 Å². The molecule has 0 aliphatic carbocycles. The number of carbonyl (C=O) groups excluding carboxylic acids is 2. The van der Waals surface area contributed by atoms with Crippen LogP contribution in [-0.4, -0.2) is 34.2 Å². The van der Waals surface area contributed by atoms with Gasteiger partial charge in [0.2, 0.25) is 5.79 Å². The topological polar surface area (TPSA) is 93.1 Å². The highest BCUT2D eigenvalue weighted by molar-refractivity contribution is 5.77. The molecule has 0 saturated heterocycles. The highest BCUT2D eigenvalue weighted by Gasteiger charge is 2.28. The van der Waals surface area contributed by atoms with E-state index in [0.717, 1.165) is 0 Å². The first kappa shape index (κ1) is 16.9. The monoisotopic (exact) mass is 262 g/mol. The third kappa shape index (κ3) is 7.24. The lowest BCUT2D eigenvalue weighted by Crippen LogP contribution is -2.34. The number of aliphatic hydroxyl groups excluding tert-OH is 1. The number of esters is 2. The Labute approximate surface area is 107 Å². The molecule has 2 atom stereocenters. The van der Waals surface area contributed by atoms with Crippen molar-refractivity contribution in [1.29, 1.82) is 0 Å². The van der Waals surface area contributed by atoms with Crippen molar-refractivity contribution in [2.24, 2.45) is 0 Å². The van der Waals surface area contributed by atoms with E-state index in [4.69, 9.17) is 9.84 Å². The molecule has 0 radical (unpaired) electrons. The molecular weight excluding hydrogens is 240 g/mol. The van der Waals surface area contributed by atoms with Crippen LogP contribution >= 0.6 is 0 Å². The van der Waals surface area contributed by atoms with Crippen LogP contribution in [0.4, 0.5) is 0 Å². The van der Waals surface area contributed by atoms with E-state index in [-0.39, 0.29) is 12.8 Å². The largest absolute Gasteiger partial charge is 0.436 e. The molecule has 18 heavy (non-hydrogen) atoms. The van der Waals surface area contributed by atoms with Gasteiger partial charge in [-0.3, -0.25) is 9.59 Å². The molecule has 0 aromatic rings. The predicted molar refractivity (Wildman–Crippen MR) is 63.2 cm³/mol. The van der Waals surface area contributed by atoms with Crippen LogP contribution in [0.15, 0.2) is 0 Å². The van der Waals surface area contributed by atoms with Gasteiger partial charge in [-0.1, -0.05) is 13.8 Å². The molecule has 0 aromatic carbocycles. The van der Waals surface area contributed by atoms with Gasteiger partial charge in [-0.15, -0.1) is 0 Å². The van der Waals surface area contributed by atoms with E-state index < -0.39 is 24.0 Å². The van der Waals surface area contributed by atoms with Gasteiger partial charge in [0.15, 0.2) is 6.29 Å². The zero-order valence-corrected chi connectivity index (χ0v) is 11.1. The average Bonchev–Trinajstić information content (AvgIpc) is 2.26. The Morgan fingerprint density at radius 1 is 1.22 bits per heavy atom. The first-order valence-electron chi connectivity index (χ1n) is 6.14. The second-order valence-corrected chi connectivity index (χ2v) is 4.11. The molecule has 0 bridgehead atoms. The molecule has 0 rings (SSSR count). The van der Waals surface area contributed by atoms with E-state index >= 15 is 0 Å². The Kier molecular flexibility index (Phi) is 7.54. The molecule has 2 N–H and O–H groups in total. The molecule has 0 aliphatic rings. The second-order valence-electron chi connectivity index (χ2n) is 4.11. The molecule has 0 fully saturated rings. The second kappa shape index (κ2) is 8.05. The predicted octanol–water partition coefficient (Wildman–Crippen LogP) is 1.09. The van der Waals surface area contributed by atoms with Crippen LogP contribution in [0.2, 0.25) is 0 Å². The van der Waals surface area contributed by atoms with Crippen molar-refractivity contribution in [1.82, 2.24) is 0 Å². The summed E-state index contributed by atoms with van der Waals surface area (Å²) in [6.45, 7) is 4.88. The summed E-state index contributed by atoms with van der Waals surface area (Å²) in [5, 5.41) is 18.7. The summed E-state index contributed by atoms with van der Waals surface area (Å²) < 4.78 is 9.38. The van der Waals surface area contributed by atoms with Crippen molar-refractivity contribution in [3.8, 4) is 0 Å². The number of carbonyl (C=O) groups is 2. The fourth-order valence-electron chi connectivity index (χ4n) is 1.41. The molecule has 106 valence electrons. The summed E-state index contributed by atoms with van der Waals surface area (Å²) in [7, 11) is 0. The highest BCUT2D eigenvalue weighted by atomic mass is 16.7. The Morgan fingerprint density at radius 2 is 1.78 bits per heavy atom. The molecule has 2 unspecified atom stereocenters. The zero-order chi connectivity index (χ0) is 14.2. The summed E-state index contributed by atoms with van der Waals surface area (Å²) in [6.07, 6.45) is -0.228. The van der Waals surface area contributed by atoms with Crippen LogP contribution in [0.3, 0.4) is 0 Å². The number of ether oxygens (including phenoxy) is 2. The summed E-state index contributed by atoms with van der Waals surface area (Å²) in [5.41, 5.74) is 0. The smallest absolute Gasteiger partial charge is 0.308 e. The maximum atomic E-state index is 11.4. The number of rotatable bonds is 8. The van der Waals surface area contributed by atoms with E-state index in [0.29, 0.717) is 19.3 Å². The van der Waals surface area contributed by atoms with Gasteiger partial charge in [0.25, 0.3) is 0 Å². The minimum Gasteiger partial charge on any atom is -0.436 e. The van der Waals surface area contributed by atoms with Crippen LogP contribution in [0.5, 0.6) is 0 Å². The van der Waals surface area contributed by atoms with Crippen molar-refractivity contribution in [2.75, 3.05) is 0 Å². The maximum Gasteiger partial charge on any atom is 0.308 e. The van der Waals surface area contributed by atoms with E-state index in [2.05, 4.69) is 4.74 Å².